The quantitative estimate of drug-likeness (QED) is 0.144. The predicted molar refractivity (Wildman–Crippen MR) is 159 cm³/mol. The van der Waals surface area contributed by atoms with Gasteiger partial charge in [-0.1, -0.05) is 36.4 Å². The van der Waals surface area contributed by atoms with E-state index >= 15 is 0 Å². The van der Waals surface area contributed by atoms with E-state index < -0.39 is 28.5 Å². The lowest BCUT2D eigenvalue weighted by Crippen LogP contribution is -2.36. The van der Waals surface area contributed by atoms with Gasteiger partial charge in [-0.25, -0.2) is 0 Å². The fourth-order valence-corrected chi connectivity index (χ4v) is 5.18. The van der Waals surface area contributed by atoms with Crippen molar-refractivity contribution < 1.29 is 24.0 Å². The minimum atomic E-state index is -0.565. The summed E-state index contributed by atoms with van der Waals surface area (Å²) < 4.78 is 6.08. The van der Waals surface area contributed by atoms with Gasteiger partial charge in [0.15, 0.2) is 0 Å². The summed E-state index contributed by atoms with van der Waals surface area (Å²) in [6, 6.07) is 22.8. The molecule has 1 saturated heterocycles. The SMILES string of the molecule is Cc1ccc(NC(=O)CN2C(=O)S/C(=C/c3c(OCc4ccc([N+](=O)[O-])cc4)ccc4ccccc34)C2=O)cc1C. The maximum absolute atomic E-state index is 13.3. The molecule has 1 fully saturated rings. The molecule has 4 aromatic rings. The highest BCUT2D eigenvalue weighted by Crippen LogP contribution is 2.37. The van der Waals surface area contributed by atoms with Crippen LogP contribution in [0.15, 0.2) is 83.8 Å². The highest BCUT2D eigenvalue weighted by Gasteiger charge is 2.36. The maximum Gasteiger partial charge on any atom is 0.294 e. The second kappa shape index (κ2) is 11.6. The number of ether oxygens (including phenoxy) is 1. The number of nitrogens with one attached hydrogen (secondary N) is 1. The fraction of sp³-hybridized carbons (Fsp3) is 0.129. The monoisotopic (exact) mass is 567 g/mol. The highest BCUT2D eigenvalue weighted by atomic mass is 32.2. The Balaban J connectivity index is 1.38. The van der Waals surface area contributed by atoms with E-state index in [1.807, 2.05) is 56.3 Å². The summed E-state index contributed by atoms with van der Waals surface area (Å²) in [5.41, 5.74) is 4.01. The Bertz CT molecular complexity index is 1730. The molecule has 0 spiro atoms. The van der Waals surface area contributed by atoms with Crippen LogP contribution in [0.5, 0.6) is 5.75 Å². The molecule has 10 heteroatoms. The van der Waals surface area contributed by atoms with E-state index in [9.17, 15) is 24.5 Å². The summed E-state index contributed by atoms with van der Waals surface area (Å²) in [5.74, 6) is -0.570. The smallest absolute Gasteiger partial charge is 0.294 e. The van der Waals surface area contributed by atoms with Gasteiger partial charge in [0, 0.05) is 23.4 Å². The lowest BCUT2D eigenvalue weighted by Gasteiger charge is -2.14. The van der Waals surface area contributed by atoms with Gasteiger partial charge in [0.2, 0.25) is 5.91 Å². The molecule has 0 aliphatic carbocycles. The summed E-state index contributed by atoms with van der Waals surface area (Å²) in [6.07, 6.45) is 1.61. The van der Waals surface area contributed by atoms with Crippen LogP contribution in [-0.2, 0) is 16.2 Å². The summed E-state index contributed by atoms with van der Waals surface area (Å²) in [7, 11) is 0. The first-order valence-corrected chi connectivity index (χ1v) is 13.5. The molecule has 0 radical (unpaired) electrons. The molecule has 0 saturated carbocycles. The van der Waals surface area contributed by atoms with Gasteiger partial charge in [0.25, 0.3) is 16.8 Å². The van der Waals surface area contributed by atoms with Crippen molar-refractivity contribution in [2.45, 2.75) is 20.5 Å². The van der Waals surface area contributed by atoms with Crippen molar-refractivity contribution in [3.05, 3.63) is 116 Å². The van der Waals surface area contributed by atoms with Crippen molar-refractivity contribution in [1.29, 1.82) is 0 Å². The number of carbonyl (C=O) groups is 3. The Morgan fingerprint density at radius 2 is 1.76 bits per heavy atom. The molecule has 1 aliphatic heterocycles. The number of fused-ring (bicyclic) bond motifs is 1. The van der Waals surface area contributed by atoms with E-state index in [0.29, 0.717) is 17.0 Å². The molecule has 41 heavy (non-hydrogen) atoms. The molecule has 0 bridgehead atoms. The second-order valence-corrected chi connectivity index (χ2v) is 10.5. The summed E-state index contributed by atoms with van der Waals surface area (Å²) in [4.78, 5) is 50.3. The van der Waals surface area contributed by atoms with Crippen LogP contribution in [0.1, 0.15) is 22.3 Å². The summed E-state index contributed by atoms with van der Waals surface area (Å²) >= 11 is 0.764. The molecule has 3 amide bonds. The van der Waals surface area contributed by atoms with Gasteiger partial charge < -0.3 is 10.1 Å². The van der Waals surface area contributed by atoms with Crippen molar-refractivity contribution in [1.82, 2.24) is 4.90 Å². The number of anilines is 1. The van der Waals surface area contributed by atoms with Crippen LogP contribution in [0.4, 0.5) is 16.2 Å². The van der Waals surface area contributed by atoms with Crippen molar-refractivity contribution in [2.24, 2.45) is 0 Å². The van der Waals surface area contributed by atoms with E-state index in [1.165, 1.54) is 12.1 Å². The number of hydrogen-bond donors (Lipinski definition) is 1. The largest absolute Gasteiger partial charge is 0.488 e. The van der Waals surface area contributed by atoms with Gasteiger partial charge in [-0.2, -0.15) is 0 Å². The number of imide groups is 1. The van der Waals surface area contributed by atoms with Crippen LogP contribution < -0.4 is 10.1 Å². The van der Waals surface area contributed by atoms with Crippen molar-refractivity contribution in [2.75, 3.05) is 11.9 Å². The Kier molecular flexibility index (Phi) is 7.84. The molecule has 206 valence electrons. The number of non-ortho nitro benzene ring substituents is 1. The second-order valence-electron chi connectivity index (χ2n) is 9.53. The first-order valence-electron chi connectivity index (χ1n) is 12.7. The lowest BCUT2D eigenvalue weighted by molar-refractivity contribution is -0.384. The van der Waals surface area contributed by atoms with E-state index in [0.717, 1.165) is 44.1 Å². The molecular weight excluding hydrogens is 542 g/mol. The van der Waals surface area contributed by atoms with Crippen LogP contribution in [0.25, 0.3) is 16.8 Å². The van der Waals surface area contributed by atoms with Crippen LogP contribution in [0.3, 0.4) is 0 Å². The molecule has 1 heterocycles. The lowest BCUT2D eigenvalue weighted by atomic mass is 10.0. The summed E-state index contributed by atoms with van der Waals surface area (Å²) in [5, 5.41) is 14.9. The molecule has 9 nitrogen and oxygen atoms in total. The van der Waals surface area contributed by atoms with Gasteiger partial charge in [0.1, 0.15) is 18.9 Å². The number of carbonyl (C=O) groups excluding carboxylic acids is 3. The minimum absolute atomic E-state index is 0.0152. The van der Waals surface area contributed by atoms with Crippen molar-refractivity contribution in [3.63, 3.8) is 0 Å². The standard InChI is InChI=1S/C31H25N3O6S/c1-19-7-11-23(15-20(19)2)32-29(35)17-33-30(36)28(41-31(33)37)16-26-25-6-4-3-5-22(25)10-14-27(26)40-18-21-8-12-24(13-9-21)34(38)39/h3-16H,17-18H2,1-2H3,(H,32,35)/b28-16+. The van der Waals surface area contributed by atoms with Crippen LogP contribution in [0.2, 0.25) is 0 Å². The number of nitrogens with zero attached hydrogens (tertiary/aromatic N) is 2. The molecule has 4 aromatic carbocycles. The summed E-state index contributed by atoms with van der Waals surface area (Å²) in [6.45, 7) is 3.63. The topological polar surface area (TPSA) is 119 Å². The Morgan fingerprint density at radius 3 is 2.49 bits per heavy atom. The average Bonchev–Trinajstić information content (AvgIpc) is 3.22. The van der Waals surface area contributed by atoms with Crippen molar-refractivity contribution in [3.8, 4) is 5.75 Å². The van der Waals surface area contributed by atoms with Gasteiger partial charge in [-0.3, -0.25) is 29.4 Å². The van der Waals surface area contributed by atoms with Gasteiger partial charge >= 0.3 is 0 Å². The highest BCUT2D eigenvalue weighted by molar-refractivity contribution is 8.18. The minimum Gasteiger partial charge on any atom is -0.488 e. The van der Waals surface area contributed by atoms with E-state index in [4.69, 9.17) is 4.74 Å². The van der Waals surface area contributed by atoms with E-state index in [1.54, 1.807) is 30.3 Å². The predicted octanol–water partition coefficient (Wildman–Crippen LogP) is 6.62. The molecule has 1 N–H and O–H groups in total. The third-order valence-electron chi connectivity index (χ3n) is 6.71. The number of amides is 3. The number of nitro benzene ring substituents is 1. The zero-order valence-corrected chi connectivity index (χ0v) is 23.1. The Labute approximate surface area is 240 Å². The normalized spacial score (nSPS) is 14.1. The molecule has 0 atom stereocenters. The average molecular weight is 568 g/mol. The number of benzene rings is 4. The first-order chi connectivity index (χ1) is 19.7. The van der Waals surface area contributed by atoms with Crippen LogP contribution in [-0.4, -0.2) is 33.4 Å². The third kappa shape index (κ3) is 6.12. The zero-order valence-electron chi connectivity index (χ0n) is 22.2. The fourth-order valence-electron chi connectivity index (χ4n) is 4.36. The zero-order chi connectivity index (χ0) is 29.1. The maximum atomic E-state index is 13.3. The molecule has 0 aromatic heterocycles. The molecule has 0 unspecified atom stereocenters. The van der Waals surface area contributed by atoms with Gasteiger partial charge in [-0.05, 0) is 89.5 Å². The number of rotatable bonds is 8. The third-order valence-corrected chi connectivity index (χ3v) is 7.62. The van der Waals surface area contributed by atoms with E-state index in [2.05, 4.69) is 5.32 Å². The molecular formula is C31H25N3O6S. The van der Waals surface area contributed by atoms with Crippen LogP contribution >= 0.6 is 11.8 Å². The van der Waals surface area contributed by atoms with E-state index in [-0.39, 0.29) is 17.2 Å². The number of hydrogen-bond acceptors (Lipinski definition) is 7. The molecule has 5 rings (SSSR count). The Hall–Kier alpha value is -4.96. The van der Waals surface area contributed by atoms with Crippen LogP contribution in [0, 0.1) is 24.0 Å². The Morgan fingerprint density at radius 1 is 1.00 bits per heavy atom. The first kappa shape index (κ1) is 27.6. The molecule has 1 aliphatic rings. The number of nitro groups is 1. The number of aryl methyl sites for hydroxylation is 2. The number of thioether (sulfide) groups is 1. The van der Waals surface area contributed by atoms with Gasteiger partial charge in [-0.15, -0.1) is 0 Å². The van der Waals surface area contributed by atoms with Gasteiger partial charge in [0.05, 0.1) is 9.83 Å². The van der Waals surface area contributed by atoms with Crippen molar-refractivity contribution >= 4 is 57.0 Å².